The molecule has 4 rings (SSSR count). The van der Waals surface area contributed by atoms with E-state index >= 15 is 0 Å². The first-order valence-electron chi connectivity index (χ1n) is 9.29. The number of allylic oxidation sites excluding steroid dienone is 4. The van der Waals surface area contributed by atoms with Crippen LogP contribution in [0.2, 0.25) is 0 Å². The Morgan fingerprint density at radius 3 is 1.46 bits per heavy atom. The van der Waals surface area contributed by atoms with Crippen LogP contribution in [-0.2, 0) is 19.1 Å². The van der Waals surface area contributed by atoms with Gasteiger partial charge in [0.25, 0.3) is 0 Å². The summed E-state index contributed by atoms with van der Waals surface area (Å²) >= 11 is 0. The first-order chi connectivity index (χ1) is 11.5. The highest BCUT2D eigenvalue weighted by molar-refractivity contribution is 5.75. The van der Waals surface area contributed by atoms with Crippen molar-refractivity contribution >= 4 is 11.9 Å². The maximum absolute atomic E-state index is 12.4. The van der Waals surface area contributed by atoms with Gasteiger partial charge in [-0.15, -0.1) is 0 Å². The molecule has 4 bridgehead atoms. The number of rotatable bonds is 5. The van der Waals surface area contributed by atoms with Gasteiger partial charge in [-0.05, 0) is 63.2 Å². The van der Waals surface area contributed by atoms with E-state index in [1.54, 1.807) is 0 Å². The van der Waals surface area contributed by atoms with E-state index in [0.29, 0.717) is 23.7 Å². The van der Waals surface area contributed by atoms with Crippen LogP contribution in [0.5, 0.6) is 0 Å². The lowest BCUT2D eigenvalue weighted by molar-refractivity contribution is -0.171. The average molecular weight is 330 g/mol. The fraction of sp³-hybridized carbons (Fsp3) is 0.700. The first kappa shape index (κ1) is 15.9. The van der Waals surface area contributed by atoms with Crippen LogP contribution in [0.3, 0.4) is 0 Å². The van der Waals surface area contributed by atoms with Crippen molar-refractivity contribution in [2.75, 3.05) is 0 Å². The lowest BCUT2D eigenvalue weighted by Crippen LogP contribution is -2.35. The van der Waals surface area contributed by atoms with Gasteiger partial charge in [-0.3, -0.25) is 9.59 Å². The molecular formula is C20H26O4. The predicted octanol–water partition coefficient (Wildman–Crippen LogP) is 3.27. The van der Waals surface area contributed by atoms with Crippen molar-refractivity contribution in [3.8, 4) is 0 Å². The Balaban J connectivity index is 1.27. The molecule has 0 saturated heterocycles. The lowest BCUT2D eigenvalue weighted by atomic mass is 9.93. The van der Waals surface area contributed by atoms with Gasteiger partial charge in [0.15, 0.2) is 0 Å². The van der Waals surface area contributed by atoms with Crippen molar-refractivity contribution in [2.45, 2.75) is 51.7 Å². The summed E-state index contributed by atoms with van der Waals surface area (Å²) in [6.45, 7) is 3.64. The zero-order valence-electron chi connectivity index (χ0n) is 14.4. The predicted molar refractivity (Wildman–Crippen MR) is 88.8 cm³/mol. The van der Waals surface area contributed by atoms with E-state index in [4.69, 9.17) is 9.47 Å². The normalized spacial score (nSPS) is 40.8. The van der Waals surface area contributed by atoms with Gasteiger partial charge in [0, 0.05) is 0 Å². The van der Waals surface area contributed by atoms with Crippen molar-refractivity contribution in [3.63, 3.8) is 0 Å². The summed E-state index contributed by atoms with van der Waals surface area (Å²) in [6.07, 6.45) is 11.9. The van der Waals surface area contributed by atoms with Crippen LogP contribution in [0, 0.1) is 35.5 Å². The molecule has 24 heavy (non-hydrogen) atoms. The van der Waals surface area contributed by atoms with E-state index in [9.17, 15) is 9.59 Å². The Hall–Kier alpha value is -1.58. The third kappa shape index (κ3) is 2.80. The summed E-state index contributed by atoms with van der Waals surface area (Å²) in [5.74, 6) is 1.48. The second-order valence-electron chi connectivity index (χ2n) is 8.06. The number of hydrogen-bond acceptors (Lipinski definition) is 4. The van der Waals surface area contributed by atoms with Crippen molar-refractivity contribution in [3.05, 3.63) is 24.3 Å². The van der Waals surface area contributed by atoms with Crippen molar-refractivity contribution in [1.29, 1.82) is 0 Å². The molecule has 130 valence electrons. The molecule has 4 heteroatoms. The van der Waals surface area contributed by atoms with Crippen LogP contribution in [0.15, 0.2) is 24.3 Å². The van der Waals surface area contributed by atoms with Gasteiger partial charge in [-0.25, -0.2) is 0 Å². The zero-order valence-corrected chi connectivity index (χ0v) is 14.4. The molecule has 2 fully saturated rings. The zero-order chi connectivity index (χ0) is 16.8. The molecule has 0 radical (unpaired) electrons. The summed E-state index contributed by atoms with van der Waals surface area (Å²) in [6, 6.07) is 0. The van der Waals surface area contributed by atoms with E-state index in [1.165, 1.54) is 0 Å². The molecule has 4 nitrogen and oxygen atoms in total. The monoisotopic (exact) mass is 330 g/mol. The summed E-state index contributed by atoms with van der Waals surface area (Å²) in [7, 11) is 0. The Morgan fingerprint density at radius 2 is 1.17 bits per heavy atom. The van der Waals surface area contributed by atoms with E-state index < -0.39 is 12.2 Å². The van der Waals surface area contributed by atoms with Crippen LogP contribution in [-0.4, -0.2) is 24.1 Å². The standard InChI is InChI=1S/C20H26O4/c1-11(23-19(21)17-9-13-3-5-15(17)7-13)12(2)24-20(22)18-10-14-4-6-16(18)8-14/h3-6,11-18H,7-10H2,1-2H3. The number of ether oxygens (including phenoxy) is 2. The Kier molecular flexibility index (Phi) is 4.01. The minimum absolute atomic E-state index is 0.0129. The topological polar surface area (TPSA) is 52.6 Å². The van der Waals surface area contributed by atoms with Crippen molar-refractivity contribution < 1.29 is 19.1 Å². The Morgan fingerprint density at radius 1 is 0.750 bits per heavy atom. The van der Waals surface area contributed by atoms with Gasteiger partial charge >= 0.3 is 11.9 Å². The lowest BCUT2D eigenvalue weighted by Gasteiger charge is -2.26. The van der Waals surface area contributed by atoms with E-state index in [0.717, 1.165) is 25.7 Å². The van der Waals surface area contributed by atoms with Gasteiger partial charge in [0.05, 0.1) is 11.8 Å². The SMILES string of the molecule is CC(OC(=O)C1CC2C=CC1C2)C(C)OC(=O)C1CC2C=CC1C2. The van der Waals surface area contributed by atoms with Crippen LogP contribution >= 0.6 is 0 Å². The molecule has 0 aromatic heterocycles. The highest BCUT2D eigenvalue weighted by atomic mass is 16.6. The molecule has 4 aliphatic carbocycles. The summed E-state index contributed by atoms with van der Waals surface area (Å²) in [5, 5.41) is 0. The molecule has 0 aromatic rings. The molecule has 0 spiro atoms. The fourth-order valence-corrected chi connectivity index (χ4v) is 4.84. The molecule has 8 atom stereocenters. The molecule has 8 unspecified atom stereocenters. The molecule has 0 heterocycles. The smallest absolute Gasteiger partial charge is 0.309 e. The van der Waals surface area contributed by atoms with Gasteiger partial charge < -0.3 is 9.47 Å². The highest BCUT2D eigenvalue weighted by Crippen LogP contribution is 2.45. The minimum Gasteiger partial charge on any atom is -0.458 e. The molecule has 0 N–H and O–H groups in total. The van der Waals surface area contributed by atoms with Crippen LogP contribution < -0.4 is 0 Å². The summed E-state index contributed by atoms with van der Waals surface area (Å²) in [4.78, 5) is 24.8. The van der Waals surface area contributed by atoms with Crippen LogP contribution in [0.25, 0.3) is 0 Å². The second-order valence-corrected chi connectivity index (χ2v) is 8.06. The summed E-state index contributed by atoms with van der Waals surface area (Å²) in [5.41, 5.74) is 0. The third-order valence-electron chi connectivity index (χ3n) is 6.43. The van der Waals surface area contributed by atoms with Gasteiger partial charge in [-0.1, -0.05) is 24.3 Å². The Labute approximate surface area is 143 Å². The molecule has 0 aromatic carbocycles. The number of carbonyl (C=O) groups excluding carboxylic acids is 2. The fourth-order valence-electron chi connectivity index (χ4n) is 4.84. The van der Waals surface area contributed by atoms with Crippen molar-refractivity contribution in [1.82, 2.24) is 0 Å². The van der Waals surface area contributed by atoms with Gasteiger partial charge in [0.1, 0.15) is 12.2 Å². The van der Waals surface area contributed by atoms with Crippen LogP contribution in [0.4, 0.5) is 0 Å². The number of hydrogen-bond donors (Lipinski definition) is 0. The number of fused-ring (bicyclic) bond motifs is 4. The van der Waals surface area contributed by atoms with E-state index in [-0.39, 0.29) is 23.8 Å². The first-order valence-corrected chi connectivity index (χ1v) is 9.29. The minimum atomic E-state index is -0.404. The van der Waals surface area contributed by atoms with E-state index in [2.05, 4.69) is 24.3 Å². The molecular weight excluding hydrogens is 304 g/mol. The third-order valence-corrected chi connectivity index (χ3v) is 6.43. The van der Waals surface area contributed by atoms with E-state index in [1.807, 2.05) is 13.8 Å². The Bertz CT molecular complexity index is 540. The maximum Gasteiger partial charge on any atom is 0.309 e. The second kappa shape index (κ2) is 6.05. The van der Waals surface area contributed by atoms with Crippen LogP contribution in [0.1, 0.15) is 39.5 Å². The highest BCUT2D eigenvalue weighted by Gasteiger charge is 2.43. The number of esters is 2. The quantitative estimate of drug-likeness (QED) is 0.573. The maximum atomic E-state index is 12.4. The van der Waals surface area contributed by atoms with Crippen molar-refractivity contribution in [2.24, 2.45) is 35.5 Å². The number of carbonyl (C=O) groups is 2. The largest absolute Gasteiger partial charge is 0.458 e. The molecule has 4 aliphatic rings. The average Bonchev–Trinajstić information content (AvgIpc) is 3.33. The van der Waals surface area contributed by atoms with Gasteiger partial charge in [-0.2, -0.15) is 0 Å². The summed E-state index contributed by atoms with van der Waals surface area (Å²) < 4.78 is 11.2. The molecule has 2 saturated carbocycles. The molecule has 0 amide bonds. The molecule has 0 aliphatic heterocycles. The van der Waals surface area contributed by atoms with Gasteiger partial charge in [0.2, 0.25) is 0 Å².